The van der Waals surface area contributed by atoms with Crippen LogP contribution in [-0.4, -0.2) is 17.9 Å². The molecule has 0 unspecified atom stereocenters. The largest absolute Gasteiger partial charge is 0.309 e. The molecule has 0 aliphatic rings. The molecule has 358 valence electrons. The molecule has 6 heterocycles. The smallest absolute Gasteiger partial charge is 0.0627 e. The molecule has 0 radical (unpaired) electrons. The van der Waals surface area contributed by atoms with Crippen LogP contribution in [0.3, 0.4) is 0 Å². The Kier molecular flexibility index (Phi) is 7.71. The average molecular weight is 987 g/mol. The lowest BCUT2D eigenvalue weighted by Crippen LogP contribution is -1.93. The van der Waals surface area contributed by atoms with E-state index in [2.05, 4.69) is 273 Å². The van der Waals surface area contributed by atoms with Crippen molar-refractivity contribution in [3.8, 4) is 33.6 Å². The van der Waals surface area contributed by atoms with Crippen molar-refractivity contribution in [2.24, 2.45) is 0 Å². The number of para-hydroxylation sites is 6. The molecule has 0 fully saturated rings. The molecule has 0 amide bonds. The van der Waals surface area contributed by atoms with Crippen LogP contribution >= 0.6 is 0 Å². The van der Waals surface area contributed by atoms with E-state index in [-0.39, 0.29) is 0 Å². The predicted molar refractivity (Wildman–Crippen MR) is 330 cm³/mol. The summed E-state index contributed by atoms with van der Waals surface area (Å²) in [5, 5.41) is 20.4. The van der Waals surface area contributed by atoms with E-state index in [1.807, 2.05) is 0 Å². The first kappa shape index (κ1) is 40.9. The standard InChI is InChI=1S/C74H42N4/c1-3-19-47(20-4-1)75-61-31-13-11-25-52(61)58-40-45(33-35-63(58)75)51-27-15-28-54-68-50-24-10-8-18-44(50)42-60-70-66(77(71(51)54)74(60)68)38-37-65-69(70)56-30-16-29-55-67-49-23-9-7-17-43(49)39-57(73(67)78(65)72(55)56)46-34-36-64-59(41-46)53-26-12-14-32-62(53)76(64)48-21-5-2-6-22-48/h1-42H. The highest BCUT2D eigenvalue weighted by molar-refractivity contribution is 6.40. The summed E-state index contributed by atoms with van der Waals surface area (Å²) in [5.41, 5.74) is 19.5. The van der Waals surface area contributed by atoms with E-state index in [1.165, 1.54) is 164 Å². The molecule has 4 heteroatoms. The Labute approximate surface area is 445 Å². The number of benzene rings is 13. The molecule has 6 aromatic heterocycles. The maximum atomic E-state index is 2.63. The minimum atomic E-state index is 1.16. The fraction of sp³-hybridized carbons (Fsp3) is 0. The molecule has 0 spiro atoms. The maximum absolute atomic E-state index is 2.63. The predicted octanol–water partition coefficient (Wildman–Crippen LogP) is 19.8. The van der Waals surface area contributed by atoms with Crippen molar-refractivity contribution in [1.29, 1.82) is 0 Å². The third-order valence-corrected chi connectivity index (χ3v) is 17.7. The fourth-order valence-electron chi connectivity index (χ4n) is 14.7. The second-order valence-corrected chi connectivity index (χ2v) is 21.5. The van der Waals surface area contributed by atoms with E-state index in [9.17, 15) is 0 Å². The van der Waals surface area contributed by atoms with Gasteiger partial charge in [0, 0.05) is 87.1 Å². The first-order valence-electron chi connectivity index (χ1n) is 27.1. The molecule has 0 N–H and O–H groups in total. The van der Waals surface area contributed by atoms with E-state index >= 15 is 0 Å². The highest BCUT2D eigenvalue weighted by Crippen LogP contribution is 2.52. The molecule has 19 rings (SSSR count). The Morgan fingerprint density at radius 1 is 0.205 bits per heavy atom. The molecule has 0 aliphatic heterocycles. The van der Waals surface area contributed by atoms with Crippen molar-refractivity contribution in [1.82, 2.24) is 17.9 Å². The zero-order valence-corrected chi connectivity index (χ0v) is 42.0. The van der Waals surface area contributed by atoms with Gasteiger partial charge in [0.2, 0.25) is 0 Å². The van der Waals surface area contributed by atoms with Gasteiger partial charge >= 0.3 is 0 Å². The van der Waals surface area contributed by atoms with Crippen LogP contribution in [0.4, 0.5) is 0 Å². The summed E-state index contributed by atoms with van der Waals surface area (Å²) in [6.45, 7) is 0. The molecular weight excluding hydrogens is 945 g/mol. The molecule has 0 bridgehead atoms. The number of fused-ring (bicyclic) bond motifs is 23. The summed E-state index contributed by atoms with van der Waals surface area (Å²) in [4.78, 5) is 0. The number of rotatable bonds is 4. The van der Waals surface area contributed by atoms with E-state index in [0.717, 1.165) is 11.4 Å². The van der Waals surface area contributed by atoms with E-state index in [4.69, 9.17) is 0 Å². The second kappa shape index (κ2) is 14.7. The normalized spacial score (nSPS) is 12.6. The Morgan fingerprint density at radius 2 is 0.628 bits per heavy atom. The molecule has 19 aromatic rings. The summed E-state index contributed by atoms with van der Waals surface area (Å²) in [6, 6.07) is 95.3. The van der Waals surface area contributed by atoms with Gasteiger partial charge in [-0.1, -0.05) is 170 Å². The number of hydrogen-bond acceptors (Lipinski definition) is 0. The van der Waals surface area contributed by atoms with Gasteiger partial charge < -0.3 is 17.9 Å². The first-order valence-corrected chi connectivity index (χ1v) is 27.1. The Balaban J connectivity index is 0.928. The lowest BCUT2D eigenvalue weighted by molar-refractivity contribution is 1.18. The lowest BCUT2D eigenvalue weighted by atomic mass is 9.94. The highest BCUT2D eigenvalue weighted by atomic mass is 15.0. The second-order valence-electron chi connectivity index (χ2n) is 21.5. The van der Waals surface area contributed by atoms with Gasteiger partial charge in [-0.2, -0.15) is 0 Å². The molecule has 13 aromatic carbocycles. The van der Waals surface area contributed by atoms with Crippen LogP contribution in [0.1, 0.15) is 0 Å². The molecule has 78 heavy (non-hydrogen) atoms. The van der Waals surface area contributed by atoms with Crippen molar-refractivity contribution in [2.45, 2.75) is 0 Å². The number of aromatic nitrogens is 4. The molecule has 0 saturated carbocycles. The maximum Gasteiger partial charge on any atom is 0.0627 e. The van der Waals surface area contributed by atoms with Crippen molar-refractivity contribution >= 4 is 141 Å². The van der Waals surface area contributed by atoms with Gasteiger partial charge in [0.1, 0.15) is 0 Å². The van der Waals surface area contributed by atoms with Crippen LogP contribution in [0, 0.1) is 0 Å². The highest BCUT2D eigenvalue weighted by Gasteiger charge is 2.28. The molecular formula is C74H42N4. The van der Waals surface area contributed by atoms with Gasteiger partial charge in [-0.3, -0.25) is 0 Å². The fourth-order valence-corrected chi connectivity index (χ4v) is 14.7. The van der Waals surface area contributed by atoms with Crippen molar-refractivity contribution in [2.75, 3.05) is 0 Å². The lowest BCUT2D eigenvalue weighted by Gasteiger charge is -2.12. The van der Waals surface area contributed by atoms with Gasteiger partial charge in [0.05, 0.1) is 55.2 Å². The summed E-state index contributed by atoms with van der Waals surface area (Å²) in [6.07, 6.45) is 0. The molecule has 0 saturated heterocycles. The first-order chi connectivity index (χ1) is 38.7. The summed E-state index contributed by atoms with van der Waals surface area (Å²) in [5.74, 6) is 0. The van der Waals surface area contributed by atoms with Crippen LogP contribution < -0.4 is 0 Å². The van der Waals surface area contributed by atoms with Crippen LogP contribution in [0.15, 0.2) is 255 Å². The van der Waals surface area contributed by atoms with E-state index in [1.54, 1.807) is 0 Å². The van der Waals surface area contributed by atoms with E-state index < -0.39 is 0 Å². The third-order valence-electron chi connectivity index (χ3n) is 17.7. The SMILES string of the molecule is c1ccc(-n2c3ccccc3c3cc(-c4cc5ccccc5c5c6cccc7c8c9c%10cc%11ccccc%11c%11c%12cccc(-c%13ccc%14c(c%13)c%13ccccc%13n%14-c%13ccccc%13)c%12n(c9ccc8n(c45)c76)c%10%11)ccc32)cc1. The van der Waals surface area contributed by atoms with Gasteiger partial charge in [-0.25, -0.2) is 0 Å². The Morgan fingerprint density at radius 3 is 1.24 bits per heavy atom. The van der Waals surface area contributed by atoms with Crippen LogP contribution in [0.25, 0.3) is 175 Å². The Bertz CT molecular complexity index is 5790. The minimum Gasteiger partial charge on any atom is -0.309 e. The monoisotopic (exact) mass is 986 g/mol. The molecule has 0 atom stereocenters. The Hall–Kier alpha value is -10.4. The zero-order valence-electron chi connectivity index (χ0n) is 42.0. The van der Waals surface area contributed by atoms with Crippen molar-refractivity contribution in [3.05, 3.63) is 255 Å². The van der Waals surface area contributed by atoms with Crippen LogP contribution in [0.2, 0.25) is 0 Å². The average Bonchev–Trinajstić information content (AvgIpc) is 4.51. The third kappa shape index (κ3) is 5.06. The minimum absolute atomic E-state index is 1.16. The summed E-state index contributed by atoms with van der Waals surface area (Å²) in [7, 11) is 0. The van der Waals surface area contributed by atoms with Gasteiger partial charge in [-0.05, 0) is 118 Å². The summed E-state index contributed by atoms with van der Waals surface area (Å²) >= 11 is 0. The zero-order chi connectivity index (χ0) is 50.5. The van der Waals surface area contributed by atoms with Crippen LogP contribution in [0.5, 0.6) is 0 Å². The van der Waals surface area contributed by atoms with Crippen molar-refractivity contribution < 1.29 is 0 Å². The van der Waals surface area contributed by atoms with Gasteiger partial charge in [0.25, 0.3) is 0 Å². The van der Waals surface area contributed by atoms with Crippen molar-refractivity contribution in [3.63, 3.8) is 0 Å². The molecule has 0 aliphatic carbocycles. The molecule has 4 nitrogen and oxygen atoms in total. The van der Waals surface area contributed by atoms with Gasteiger partial charge in [-0.15, -0.1) is 0 Å². The quantitative estimate of drug-likeness (QED) is 0.167. The van der Waals surface area contributed by atoms with Gasteiger partial charge in [0.15, 0.2) is 0 Å². The van der Waals surface area contributed by atoms with Crippen LogP contribution in [-0.2, 0) is 0 Å². The summed E-state index contributed by atoms with van der Waals surface area (Å²) < 4.78 is 10.1. The number of nitrogens with zero attached hydrogens (tertiary/aromatic N) is 4. The number of hydrogen-bond donors (Lipinski definition) is 0. The van der Waals surface area contributed by atoms with E-state index in [0.29, 0.717) is 0 Å². The topological polar surface area (TPSA) is 18.7 Å².